The first-order valence-electron chi connectivity index (χ1n) is 5.34. The molecule has 0 N–H and O–H groups in total. The SMILES string of the molecule is CN(C)c1ccc(C=Nc2ncccn2)cc1. The minimum absolute atomic E-state index is 0.476. The van der Waals surface area contributed by atoms with Crippen LogP contribution in [-0.2, 0) is 0 Å². The van der Waals surface area contributed by atoms with Crippen LogP contribution in [0.3, 0.4) is 0 Å². The van der Waals surface area contributed by atoms with Gasteiger partial charge in [0.1, 0.15) is 0 Å². The molecule has 4 heteroatoms. The summed E-state index contributed by atoms with van der Waals surface area (Å²) < 4.78 is 0. The van der Waals surface area contributed by atoms with Crippen LogP contribution >= 0.6 is 0 Å². The van der Waals surface area contributed by atoms with Crippen molar-refractivity contribution in [1.29, 1.82) is 0 Å². The number of rotatable bonds is 3. The van der Waals surface area contributed by atoms with E-state index in [2.05, 4.69) is 19.9 Å². The fourth-order valence-electron chi connectivity index (χ4n) is 1.35. The molecule has 0 saturated carbocycles. The van der Waals surface area contributed by atoms with Gasteiger partial charge in [-0.1, -0.05) is 12.1 Å². The third-order valence-corrected chi connectivity index (χ3v) is 2.29. The van der Waals surface area contributed by atoms with Gasteiger partial charge >= 0.3 is 0 Å². The molecule has 0 aliphatic carbocycles. The Morgan fingerprint density at radius 1 is 1.06 bits per heavy atom. The topological polar surface area (TPSA) is 41.4 Å². The molecule has 0 aliphatic heterocycles. The van der Waals surface area contributed by atoms with E-state index < -0.39 is 0 Å². The molecule has 2 aromatic rings. The van der Waals surface area contributed by atoms with E-state index in [1.54, 1.807) is 24.7 Å². The monoisotopic (exact) mass is 226 g/mol. The Bertz CT molecular complexity index is 489. The van der Waals surface area contributed by atoms with Gasteiger partial charge in [0.2, 0.25) is 5.95 Å². The summed E-state index contributed by atoms with van der Waals surface area (Å²) in [4.78, 5) is 14.3. The number of aromatic nitrogens is 2. The quantitative estimate of drug-likeness (QED) is 0.754. The van der Waals surface area contributed by atoms with Gasteiger partial charge in [-0.05, 0) is 23.8 Å². The fraction of sp³-hybridized carbons (Fsp3) is 0.154. The lowest BCUT2D eigenvalue weighted by atomic mass is 10.2. The molecule has 0 atom stereocenters. The minimum Gasteiger partial charge on any atom is -0.378 e. The van der Waals surface area contributed by atoms with Crippen LogP contribution in [0, 0.1) is 0 Å². The van der Waals surface area contributed by atoms with Crippen LogP contribution in [-0.4, -0.2) is 30.3 Å². The van der Waals surface area contributed by atoms with Crippen molar-refractivity contribution >= 4 is 17.9 Å². The van der Waals surface area contributed by atoms with Gasteiger partial charge in [-0.25, -0.2) is 15.0 Å². The second-order valence-corrected chi connectivity index (χ2v) is 3.79. The third-order valence-electron chi connectivity index (χ3n) is 2.29. The smallest absolute Gasteiger partial charge is 0.249 e. The zero-order chi connectivity index (χ0) is 12.1. The third kappa shape index (κ3) is 3.11. The van der Waals surface area contributed by atoms with E-state index in [9.17, 15) is 0 Å². The molecule has 0 aliphatic rings. The van der Waals surface area contributed by atoms with Gasteiger partial charge in [-0.3, -0.25) is 0 Å². The Morgan fingerprint density at radius 3 is 2.29 bits per heavy atom. The Morgan fingerprint density at radius 2 is 1.71 bits per heavy atom. The van der Waals surface area contributed by atoms with Crippen molar-refractivity contribution in [1.82, 2.24) is 9.97 Å². The predicted molar refractivity (Wildman–Crippen MR) is 70.1 cm³/mol. The first-order valence-corrected chi connectivity index (χ1v) is 5.34. The zero-order valence-electron chi connectivity index (χ0n) is 9.91. The highest BCUT2D eigenvalue weighted by atomic mass is 15.1. The van der Waals surface area contributed by atoms with Gasteiger partial charge in [-0.15, -0.1) is 0 Å². The lowest BCUT2D eigenvalue weighted by molar-refractivity contribution is 1.13. The van der Waals surface area contributed by atoms with Gasteiger partial charge in [0, 0.05) is 38.4 Å². The first-order chi connectivity index (χ1) is 8.25. The van der Waals surface area contributed by atoms with Crippen LogP contribution in [0.4, 0.5) is 11.6 Å². The van der Waals surface area contributed by atoms with E-state index in [-0.39, 0.29) is 0 Å². The second kappa shape index (κ2) is 5.21. The summed E-state index contributed by atoms with van der Waals surface area (Å²) in [6.45, 7) is 0. The van der Waals surface area contributed by atoms with E-state index in [1.165, 1.54) is 0 Å². The number of benzene rings is 1. The number of aliphatic imine (C=N–C) groups is 1. The summed E-state index contributed by atoms with van der Waals surface area (Å²) in [5.41, 5.74) is 2.20. The Hall–Kier alpha value is -2.23. The van der Waals surface area contributed by atoms with Crippen molar-refractivity contribution < 1.29 is 0 Å². The molecule has 0 radical (unpaired) electrons. The van der Waals surface area contributed by atoms with E-state index in [1.807, 2.05) is 38.4 Å². The van der Waals surface area contributed by atoms with Crippen molar-refractivity contribution in [2.75, 3.05) is 19.0 Å². The van der Waals surface area contributed by atoms with Crippen molar-refractivity contribution in [2.24, 2.45) is 4.99 Å². The van der Waals surface area contributed by atoms with Crippen LogP contribution in [0.5, 0.6) is 0 Å². The average molecular weight is 226 g/mol. The van der Waals surface area contributed by atoms with Crippen LogP contribution in [0.15, 0.2) is 47.7 Å². The number of hydrogen-bond donors (Lipinski definition) is 0. The maximum absolute atomic E-state index is 4.19. The Kier molecular flexibility index (Phi) is 3.45. The molecule has 4 nitrogen and oxygen atoms in total. The largest absolute Gasteiger partial charge is 0.378 e. The molecule has 1 aromatic carbocycles. The molecule has 2 rings (SSSR count). The molecule has 0 saturated heterocycles. The summed E-state index contributed by atoms with van der Waals surface area (Å²) in [5.74, 6) is 0.476. The van der Waals surface area contributed by atoms with E-state index in [0.717, 1.165) is 11.3 Å². The van der Waals surface area contributed by atoms with Crippen molar-refractivity contribution in [2.45, 2.75) is 0 Å². The van der Waals surface area contributed by atoms with Gasteiger partial charge in [0.15, 0.2) is 0 Å². The van der Waals surface area contributed by atoms with Gasteiger partial charge < -0.3 is 4.90 Å². The molecule has 86 valence electrons. The lowest BCUT2D eigenvalue weighted by Gasteiger charge is -2.11. The molecule has 0 bridgehead atoms. The van der Waals surface area contributed by atoms with E-state index in [4.69, 9.17) is 0 Å². The molecule has 1 heterocycles. The highest BCUT2D eigenvalue weighted by Crippen LogP contribution is 2.11. The summed E-state index contributed by atoms with van der Waals surface area (Å²) in [6, 6.07) is 9.90. The molecule has 0 fully saturated rings. The van der Waals surface area contributed by atoms with Crippen LogP contribution in [0.25, 0.3) is 0 Å². The maximum atomic E-state index is 4.19. The molecule has 1 aromatic heterocycles. The standard InChI is InChI=1S/C13H14N4/c1-17(2)12-6-4-11(5-7-12)10-16-13-14-8-3-9-15-13/h3-10H,1-2H3. The van der Waals surface area contributed by atoms with Crippen molar-refractivity contribution in [3.63, 3.8) is 0 Å². The number of hydrogen-bond acceptors (Lipinski definition) is 4. The van der Waals surface area contributed by atoms with Crippen LogP contribution in [0.1, 0.15) is 5.56 Å². The lowest BCUT2D eigenvalue weighted by Crippen LogP contribution is -2.08. The Labute approximate surface area is 101 Å². The van der Waals surface area contributed by atoms with Gasteiger partial charge in [0.05, 0.1) is 0 Å². The Balaban J connectivity index is 2.12. The number of nitrogens with zero attached hydrogens (tertiary/aromatic N) is 4. The maximum Gasteiger partial charge on any atom is 0.249 e. The minimum atomic E-state index is 0.476. The predicted octanol–water partition coefficient (Wildman–Crippen LogP) is 2.29. The highest BCUT2D eigenvalue weighted by Gasteiger charge is 1.94. The molecule has 0 unspecified atom stereocenters. The van der Waals surface area contributed by atoms with Gasteiger partial charge in [-0.2, -0.15) is 0 Å². The normalized spacial score (nSPS) is 10.7. The zero-order valence-corrected chi connectivity index (χ0v) is 9.91. The fourth-order valence-corrected chi connectivity index (χ4v) is 1.35. The van der Waals surface area contributed by atoms with Crippen LogP contribution in [0.2, 0.25) is 0 Å². The summed E-state index contributed by atoms with van der Waals surface area (Å²) >= 11 is 0. The second-order valence-electron chi connectivity index (χ2n) is 3.79. The van der Waals surface area contributed by atoms with E-state index in [0.29, 0.717) is 5.95 Å². The van der Waals surface area contributed by atoms with E-state index >= 15 is 0 Å². The average Bonchev–Trinajstić information content (AvgIpc) is 2.38. The molecular formula is C13H14N4. The summed E-state index contributed by atoms with van der Waals surface area (Å²) in [6.07, 6.45) is 5.11. The number of anilines is 1. The van der Waals surface area contributed by atoms with Crippen LogP contribution < -0.4 is 4.90 Å². The molecule has 0 spiro atoms. The van der Waals surface area contributed by atoms with Gasteiger partial charge in [0.25, 0.3) is 0 Å². The molecule has 17 heavy (non-hydrogen) atoms. The molecule has 0 amide bonds. The summed E-state index contributed by atoms with van der Waals surface area (Å²) in [5, 5.41) is 0. The first kappa shape index (κ1) is 11.3. The summed E-state index contributed by atoms with van der Waals surface area (Å²) in [7, 11) is 4.03. The molecular weight excluding hydrogens is 212 g/mol. The van der Waals surface area contributed by atoms with Crippen molar-refractivity contribution in [3.8, 4) is 0 Å². The van der Waals surface area contributed by atoms with Crippen molar-refractivity contribution in [3.05, 3.63) is 48.3 Å². The highest BCUT2D eigenvalue weighted by molar-refractivity contribution is 5.81.